The van der Waals surface area contributed by atoms with E-state index in [1.165, 1.54) is 0 Å². The summed E-state index contributed by atoms with van der Waals surface area (Å²) in [5.74, 6) is 0.900. The molecule has 18 heavy (non-hydrogen) atoms. The van der Waals surface area contributed by atoms with E-state index >= 15 is 0 Å². The predicted octanol–water partition coefficient (Wildman–Crippen LogP) is 1.25. The Morgan fingerprint density at radius 3 is 2.89 bits per heavy atom. The van der Waals surface area contributed by atoms with Crippen LogP contribution in [0.4, 0.5) is 0 Å². The first-order chi connectivity index (χ1) is 8.50. The van der Waals surface area contributed by atoms with E-state index < -0.39 is 5.60 Å². The van der Waals surface area contributed by atoms with Crippen LogP contribution in [0.15, 0.2) is 6.33 Å². The SMILES string of the molecule is CC(C)n1ncnc1CC1(O)CCCN(C)CC1. The van der Waals surface area contributed by atoms with Crippen LogP contribution in [0, 0.1) is 0 Å². The molecule has 1 fully saturated rings. The number of likely N-dealkylation sites (tertiary alicyclic amines) is 1. The van der Waals surface area contributed by atoms with Crippen LogP contribution in [0.1, 0.15) is 45.0 Å². The molecule has 1 aromatic heterocycles. The maximum atomic E-state index is 10.7. The molecule has 0 aromatic carbocycles. The Kier molecular flexibility index (Phi) is 4.02. The molecule has 1 atom stereocenters. The Hall–Kier alpha value is -0.940. The van der Waals surface area contributed by atoms with Crippen molar-refractivity contribution in [2.75, 3.05) is 20.1 Å². The summed E-state index contributed by atoms with van der Waals surface area (Å²) < 4.78 is 1.91. The molecule has 0 radical (unpaired) electrons. The molecule has 1 saturated heterocycles. The van der Waals surface area contributed by atoms with Crippen LogP contribution in [-0.4, -0.2) is 50.5 Å². The van der Waals surface area contributed by atoms with Gasteiger partial charge in [0.05, 0.1) is 5.60 Å². The Morgan fingerprint density at radius 2 is 2.17 bits per heavy atom. The molecule has 0 spiro atoms. The van der Waals surface area contributed by atoms with Crippen LogP contribution in [0.2, 0.25) is 0 Å². The van der Waals surface area contributed by atoms with Gasteiger partial charge >= 0.3 is 0 Å². The van der Waals surface area contributed by atoms with Gasteiger partial charge < -0.3 is 10.0 Å². The summed E-state index contributed by atoms with van der Waals surface area (Å²) in [4.78, 5) is 6.59. The molecule has 1 unspecified atom stereocenters. The van der Waals surface area contributed by atoms with Gasteiger partial charge in [-0.05, 0) is 46.7 Å². The second kappa shape index (κ2) is 5.36. The maximum Gasteiger partial charge on any atom is 0.138 e. The second-order valence-corrected chi connectivity index (χ2v) is 5.77. The van der Waals surface area contributed by atoms with Gasteiger partial charge in [0.2, 0.25) is 0 Å². The van der Waals surface area contributed by atoms with E-state index in [4.69, 9.17) is 0 Å². The van der Waals surface area contributed by atoms with Crippen molar-refractivity contribution >= 4 is 0 Å². The van der Waals surface area contributed by atoms with E-state index in [1.807, 2.05) is 4.68 Å². The molecule has 1 aliphatic heterocycles. The van der Waals surface area contributed by atoms with Gasteiger partial charge in [-0.25, -0.2) is 9.67 Å². The molecule has 5 heteroatoms. The minimum atomic E-state index is -0.621. The summed E-state index contributed by atoms with van der Waals surface area (Å²) in [5.41, 5.74) is -0.621. The molecule has 5 nitrogen and oxygen atoms in total. The van der Waals surface area contributed by atoms with Crippen LogP contribution in [0.3, 0.4) is 0 Å². The molecule has 2 rings (SSSR count). The maximum absolute atomic E-state index is 10.7. The number of hydrogen-bond acceptors (Lipinski definition) is 4. The zero-order valence-corrected chi connectivity index (χ0v) is 11.6. The molecule has 2 heterocycles. The average molecular weight is 252 g/mol. The van der Waals surface area contributed by atoms with Gasteiger partial charge in [0, 0.05) is 19.0 Å². The third kappa shape index (κ3) is 3.09. The number of aliphatic hydroxyl groups is 1. The highest BCUT2D eigenvalue weighted by atomic mass is 16.3. The van der Waals surface area contributed by atoms with Gasteiger partial charge in [0.1, 0.15) is 12.2 Å². The highest BCUT2D eigenvalue weighted by Crippen LogP contribution is 2.26. The van der Waals surface area contributed by atoms with E-state index in [0.29, 0.717) is 12.5 Å². The van der Waals surface area contributed by atoms with Crippen molar-refractivity contribution in [1.29, 1.82) is 0 Å². The van der Waals surface area contributed by atoms with Crippen molar-refractivity contribution < 1.29 is 5.11 Å². The molecule has 1 aromatic rings. The largest absolute Gasteiger partial charge is 0.389 e. The fourth-order valence-electron chi connectivity index (χ4n) is 2.62. The van der Waals surface area contributed by atoms with Crippen LogP contribution >= 0.6 is 0 Å². The quantitative estimate of drug-likeness (QED) is 0.879. The molecule has 0 amide bonds. The normalized spacial score (nSPS) is 26.5. The van der Waals surface area contributed by atoms with Crippen molar-refractivity contribution in [3.8, 4) is 0 Å². The molecule has 1 N–H and O–H groups in total. The lowest BCUT2D eigenvalue weighted by atomic mass is 9.91. The minimum Gasteiger partial charge on any atom is -0.389 e. The second-order valence-electron chi connectivity index (χ2n) is 5.77. The number of rotatable bonds is 3. The van der Waals surface area contributed by atoms with E-state index in [2.05, 4.69) is 35.9 Å². The summed E-state index contributed by atoms with van der Waals surface area (Å²) >= 11 is 0. The lowest BCUT2D eigenvalue weighted by molar-refractivity contribution is 0.0232. The van der Waals surface area contributed by atoms with Crippen molar-refractivity contribution in [3.05, 3.63) is 12.2 Å². The predicted molar refractivity (Wildman–Crippen MR) is 70.4 cm³/mol. The van der Waals surface area contributed by atoms with E-state index in [0.717, 1.165) is 38.2 Å². The molecule has 0 aliphatic carbocycles. The summed E-state index contributed by atoms with van der Waals surface area (Å²) in [6, 6.07) is 0.291. The van der Waals surface area contributed by atoms with E-state index in [9.17, 15) is 5.11 Å². The van der Waals surface area contributed by atoms with Crippen LogP contribution < -0.4 is 0 Å². The molecule has 102 valence electrons. The monoisotopic (exact) mass is 252 g/mol. The standard InChI is InChI=1S/C13H24N4O/c1-11(2)17-12(14-10-15-17)9-13(18)5-4-7-16(3)8-6-13/h10-11,18H,4-9H2,1-3H3. The fourth-order valence-corrected chi connectivity index (χ4v) is 2.62. The molecule has 1 aliphatic rings. The fraction of sp³-hybridized carbons (Fsp3) is 0.846. The van der Waals surface area contributed by atoms with Crippen LogP contribution in [0.5, 0.6) is 0 Å². The summed E-state index contributed by atoms with van der Waals surface area (Å²) in [6.07, 6.45) is 4.90. The Labute approximate surface area is 109 Å². The van der Waals surface area contributed by atoms with Gasteiger partial charge in [0.15, 0.2) is 0 Å². The Morgan fingerprint density at radius 1 is 1.39 bits per heavy atom. The number of hydrogen-bond donors (Lipinski definition) is 1. The highest BCUT2D eigenvalue weighted by molar-refractivity contribution is 4.97. The summed E-state index contributed by atoms with van der Waals surface area (Å²) in [5, 5.41) is 15.0. The zero-order chi connectivity index (χ0) is 13.2. The van der Waals surface area contributed by atoms with Crippen LogP contribution in [-0.2, 0) is 6.42 Å². The molecular weight excluding hydrogens is 228 g/mol. The topological polar surface area (TPSA) is 54.2 Å². The average Bonchev–Trinajstić information content (AvgIpc) is 2.67. The van der Waals surface area contributed by atoms with Gasteiger partial charge in [-0.1, -0.05) is 0 Å². The third-order valence-electron chi connectivity index (χ3n) is 3.76. The van der Waals surface area contributed by atoms with Gasteiger partial charge in [-0.3, -0.25) is 0 Å². The van der Waals surface area contributed by atoms with Gasteiger partial charge in [0.25, 0.3) is 0 Å². The van der Waals surface area contributed by atoms with Crippen molar-refractivity contribution in [2.24, 2.45) is 0 Å². The van der Waals surface area contributed by atoms with Crippen molar-refractivity contribution in [3.63, 3.8) is 0 Å². The van der Waals surface area contributed by atoms with Gasteiger partial charge in [-0.15, -0.1) is 0 Å². The smallest absolute Gasteiger partial charge is 0.138 e. The molecule has 0 bridgehead atoms. The Balaban J connectivity index is 2.09. The first-order valence-corrected chi connectivity index (χ1v) is 6.79. The minimum absolute atomic E-state index is 0.291. The number of nitrogens with zero attached hydrogens (tertiary/aromatic N) is 4. The number of aromatic nitrogens is 3. The summed E-state index contributed by atoms with van der Waals surface area (Å²) in [6.45, 7) is 6.19. The summed E-state index contributed by atoms with van der Waals surface area (Å²) in [7, 11) is 2.11. The highest BCUT2D eigenvalue weighted by Gasteiger charge is 2.31. The third-order valence-corrected chi connectivity index (χ3v) is 3.76. The van der Waals surface area contributed by atoms with Crippen molar-refractivity contribution in [2.45, 2.75) is 51.2 Å². The van der Waals surface area contributed by atoms with Crippen LogP contribution in [0.25, 0.3) is 0 Å². The molecule has 0 saturated carbocycles. The lowest BCUT2D eigenvalue weighted by Gasteiger charge is -2.26. The van der Waals surface area contributed by atoms with E-state index in [1.54, 1.807) is 6.33 Å². The van der Waals surface area contributed by atoms with Crippen molar-refractivity contribution in [1.82, 2.24) is 19.7 Å². The van der Waals surface area contributed by atoms with Gasteiger partial charge in [-0.2, -0.15) is 5.10 Å². The zero-order valence-electron chi connectivity index (χ0n) is 11.6. The van der Waals surface area contributed by atoms with E-state index in [-0.39, 0.29) is 0 Å². The lowest BCUT2D eigenvalue weighted by Crippen LogP contribution is -2.34. The molecular formula is C13H24N4O. The Bertz CT molecular complexity index is 390. The first-order valence-electron chi connectivity index (χ1n) is 6.79. The first kappa shape index (κ1) is 13.5.